The number of allylic oxidation sites excluding steroid dienone is 2. The van der Waals surface area contributed by atoms with E-state index in [1.54, 1.807) is 0 Å². The molecule has 0 saturated carbocycles. The second kappa shape index (κ2) is 7.91. The zero-order chi connectivity index (χ0) is 17.6. The van der Waals surface area contributed by atoms with Crippen molar-refractivity contribution >= 4 is 11.0 Å². The summed E-state index contributed by atoms with van der Waals surface area (Å²) in [6, 6.07) is 18.6. The predicted molar refractivity (Wildman–Crippen MR) is 104 cm³/mol. The summed E-state index contributed by atoms with van der Waals surface area (Å²) in [6.07, 6.45) is 9.76. The SMILES string of the molecule is C1=CCN(CCCCc2ccccc2)C(N=c2[nH]oc3ccccc23)=C1. The van der Waals surface area contributed by atoms with Crippen LogP contribution in [0.1, 0.15) is 18.4 Å². The molecule has 132 valence electrons. The van der Waals surface area contributed by atoms with Crippen LogP contribution in [-0.4, -0.2) is 23.1 Å². The second-order valence-corrected chi connectivity index (χ2v) is 6.50. The molecule has 1 aromatic heterocycles. The maximum Gasteiger partial charge on any atom is 0.173 e. The van der Waals surface area contributed by atoms with E-state index < -0.39 is 0 Å². The number of unbranched alkanes of at least 4 members (excludes halogenated alkanes) is 1. The number of para-hydroxylation sites is 1. The first-order valence-corrected chi connectivity index (χ1v) is 9.17. The Hall–Kier alpha value is -3.01. The summed E-state index contributed by atoms with van der Waals surface area (Å²) < 4.78 is 5.49. The van der Waals surface area contributed by atoms with E-state index in [1.807, 2.05) is 24.3 Å². The molecule has 0 fully saturated rings. The van der Waals surface area contributed by atoms with Gasteiger partial charge in [0.05, 0.1) is 5.39 Å². The van der Waals surface area contributed by atoms with Gasteiger partial charge in [0.2, 0.25) is 0 Å². The van der Waals surface area contributed by atoms with Crippen LogP contribution in [0.5, 0.6) is 0 Å². The van der Waals surface area contributed by atoms with Gasteiger partial charge in [0.25, 0.3) is 0 Å². The Morgan fingerprint density at radius 3 is 2.77 bits per heavy atom. The molecule has 1 aliphatic heterocycles. The molecule has 0 radical (unpaired) electrons. The van der Waals surface area contributed by atoms with Gasteiger partial charge in [-0.15, -0.1) is 0 Å². The van der Waals surface area contributed by atoms with Crippen LogP contribution in [0.4, 0.5) is 0 Å². The monoisotopic (exact) mass is 345 g/mol. The highest BCUT2D eigenvalue weighted by molar-refractivity contribution is 5.75. The van der Waals surface area contributed by atoms with E-state index in [4.69, 9.17) is 9.52 Å². The minimum atomic E-state index is 0.774. The molecule has 26 heavy (non-hydrogen) atoms. The first-order valence-electron chi connectivity index (χ1n) is 9.17. The van der Waals surface area contributed by atoms with Crippen molar-refractivity contribution in [1.29, 1.82) is 0 Å². The van der Waals surface area contributed by atoms with Crippen LogP contribution >= 0.6 is 0 Å². The minimum absolute atomic E-state index is 0.774. The number of aromatic amines is 1. The molecule has 3 aromatic rings. The van der Waals surface area contributed by atoms with E-state index in [-0.39, 0.29) is 0 Å². The first kappa shape index (κ1) is 16.5. The third kappa shape index (κ3) is 3.80. The number of nitrogens with one attached hydrogen (secondary N) is 1. The summed E-state index contributed by atoms with van der Waals surface area (Å²) in [7, 11) is 0. The van der Waals surface area contributed by atoms with Gasteiger partial charge >= 0.3 is 0 Å². The van der Waals surface area contributed by atoms with Crippen LogP contribution in [0.3, 0.4) is 0 Å². The van der Waals surface area contributed by atoms with Gasteiger partial charge in [0.1, 0.15) is 5.82 Å². The van der Waals surface area contributed by atoms with Crippen LogP contribution in [0, 0.1) is 0 Å². The Balaban J connectivity index is 1.43. The Morgan fingerprint density at radius 2 is 1.85 bits per heavy atom. The fourth-order valence-electron chi connectivity index (χ4n) is 3.24. The highest BCUT2D eigenvalue weighted by Crippen LogP contribution is 2.14. The highest BCUT2D eigenvalue weighted by atomic mass is 16.5. The fraction of sp³-hybridized carbons (Fsp3) is 0.227. The quantitative estimate of drug-likeness (QED) is 0.673. The number of rotatable bonds is 6. The van der Waals surface area contributed by atoms with Gasteiger partial charge in [0.15, 0.2) is 11.1 Å². The minimum Gasteiger partial charge on any atom is -0.380 e. The molecule has 2 aromatic carbocycles. The number of nitrogens with zero attached hydrogens (tertiary/aromatic N) is 2. The van der Waals surface area contributed by atoms with Gasteiger partial charge in [0, 0.05) is 13.1 Å². The number of benzene rings is 2. The van der Waals surface area contributed by atoms with Crippen molar-refractivity contribution in [1.82, 2.24) is 10.1 Å². The van der Waals surface area contributed by atoms with Gasteiger partial charge in [-0.2, -0.15) is 0 Å². The molecular weight excluding hydrogens is 322 g/mol. The van der Waals surface area contributed by atoms with E-state index in [9.17, 15) is 0 Å². The van der Waals surface area contributed by atoms with Crippen molar-refractivity contribution in [2.24, 2.45) is 4.99 Å². The van der Waals surface area contributed by atoms with Gasteiger partial charge in [-0.1, -0.05) is 54.6 Å². The van der Waals surface area contributed by atoms with Crippen molar-refractivity contribution in [3.63, 3.8) is 0 Å². The van der Waals surface area contributed by atoms with Crippen molar-refractivity contribution < 1.29 is 4.52 Å². The van der Waals surface area contributed by atoms with E-state index >= 15 is 0 Å². The van der Waals surface area contributed by atoms with E-state index in [0.717, 1.165) is 48.2 Å². The summed E-state index contributed by atoms with van der Waals surface area (Å²) in [5.41, 5.74) is 3.01. The Bertz CT molecular complexity index is 979. The number of aryl methyl sites for hydroxylation is 1. The summed E-state index contributed by atoms with van der Waals surface area (Å²) in [5.74, 6) is 0.981. The Kier molecular flexibility index (Phi) is 5.01. The third-order valence-electron chi connectivity index (χ3n) is 4.64. The molecule has 0 unspecified atom stereocenters. The summed E-state index contributed by atoms with van der Waals surface area (Å²) in [6.45, 7) is 1.90. The van der Waals surface area contributed by atoms with Crippen molar-refractivity contribution in [3.8, 4) is 0 Å². The molecule has 0 spiro atoms. The van der Waals surface area contributed by atoms with Crippen molar-refractivity contribution in [2.75, 3.05) is 13.1 Å². The number of aromatic nitrogens is 1. The van der Waals surface area contributed by atoms with Crippen molar-refractivity contribution in [2.45, 2.75) is 19.3 Å². The van der Waals surface area contributed by atoms with E-state index in [1.165, 1.54) is 12.0 Å². The van der Waals surface area contributed by atoms with Crippen LogP contribution < -0.4 is 5.49 Å². The summed E-state index contributed by atoms with van der Waals surface area (Å²) in [5, 5.41) is 3.94. The highest BCUT2D eigenvalue weighted by Gasteiger charge is 2.10. The third-order valence-corrected chi connectivity index (χ3v) is 4.64. The molecule has 0 amide bonds. The molecule has 2 heterocycles. The van der Waals surface area contributed by atoms with E-state index in [2.05, 4.69) is 58.6 Å². The van der Waals surface area contributed by atoms with Gasteiger partial charge in [-0.05, 0) is 43.0 Å². The van der Waals surface area contributed by atoms with Gasteiger partial charge in [-0.25, -0.2) is 10.1 Å². The number of hydrogen-bond acceptors (Lipinski definition) is 3. The van der Waals surface area contributed by atoms with Crippen LogP contribution in [0.2, 0.25) is 0 Å². The van der Waals surface area contributed by atoms with Gasteiger partial charge < -0.3 is 9.42 Å². The molecule has 0 bridgehead atoms. The number of hydrogen-bond donors (Lipinski definition) is 1. The van der Waals surface area contributed by atoms with Crippen LogP contribution in [0.25, 0.3) is 11.0 Å². The maximum absolute atomic E-state index is 5.49. The fourth-order valence-corrected chi connectivity index (χ4v) is 3.24. The zero-order valence-corrected chi connectivity index (χ0v) is 14.8. The molecule has 0 atom stereocenters. The average molecular weight is 345 g/mol. The Labute approximate surface area is 153 Å². The number of H-pyrrole nitrogens is 1. The smallest absolute Gasteiger partial charge is 0.173 e. The van der Waals surface area contributed by atoms with Crippen LogP contribution in [-0.2, 0) is 6.42 Å². The largest absolute Gasteiger partial charge is 0.380 e. The molecular formula is C22H23N3O. The number of fused-ring (bicyclic) bond motifs is 1. The molecule has 4 heteroatoms. The average Bonchev–Trinajstić information content (AvgIpc) is 3.10. The lowest BCUT2D eigenvalue weighted by Gasteiger charge is -2.25. The first-order chi connectivity index (χ1) is 12.9. The standard InChI is InChI=1S/C22H23N3O/c1-2-10-18(11-3-1)12-6-8-16-25-17-9-7-15-21(25)23-22-19-13-4-5-14-20(19)26-24-22/h1-5,7,9-11,13-15H,6,8,12,16-17H2,(H,23,24). The molecule has 1 aliphatic rings. The molecule has 1 N–H and O–H groups in total. The normalized spacial score (nSPS) is 14.8. The molecule has 0 saturated heterocycles. The zero-order valence-electron chi connectivity index (χ0n) is 14.8. The predicted octanol–water partition coefficient (Wildman–Crippen LogP) is 4.40. The van der Waals surface area contributed by atoms with Gasteiger partial charge in [-0.3, -0.25) is 0 Å². The lowest BCUT2D eigenvalue weighted by molar-refractivity contribution is 0.357. The summed E-state index contributed by atoms with van der Waals surface area (Å²) >= 11 is 0. The van der Waals surface area contributed by atoms with Crippen LogP contribution in [0.15, 0.2) is 88.2 Å². The second-order valence-electron chi connectivity index (χ2n) is 6.50. The lowest BCUT2D eigenvalue weighted by Crippen LogP contribution is -2.26. The van der Waals surface area contributed by atoms with Crippen molar-refractivity contribution in [3.05, 3.63) is 89.7 Å². The molecule has 4 nitrogen and oxygen atoms in total. The Morgan fingerprint density at radius 1 is 1.00 bits per heavy atom. The summed E-state index contributed by atoms with van der Waals surface area (Å²) in [4.78, 5) is 7.13. The maximum atomic E-state index is 5.49. The molecule has 0 aliphatic carbocycles. The van der Waals surface area contributed by atoms with E-state index in [0.29, 0.717) is 0 Å². The topological polar surface area (TPSA) is 44.5 Å². The molecule has 4 rings (SSSR count). The lowest BCUT2D eigenvalue weighted by atomic mass is 10.1.